The second-order valence-electron chi connectivity index (χ2n) is 6.94. The van der Waals surface area contributed by atoms with Crippen LogP contribution < -0.4 is 5.32 Å². The number of carbonyl (C=O) groups is 1. The van der Waals surface area contributed by atoms with E-state index in [4.69, 9.17) is 0 Å². The maximum Gasteiger partial charge on any atom is 0.322 e. The highest BCUT2D eigenvalue weighted by atomic mass is 79.9. The zero-order valence-electron chi connectivity index (χ0n) is 16.3. The van der Waals surface area contributed by atoms with Crippen molar-refractivity contribution in [2.45, 2.75) is 32.9 Å². The van der Waals surface area contributed by atoms with Crippen molar-refractivity contribution in [1.29, 1.82) is 0 Å². The summed E-state index contributed by atoms with van der Waals surface area (Å²) in [6.45, 7) is 5.02. The summed E-state index contributed by atoms with van der Waals surface area (Å²) in [5, 5.41) is 3.02. The van der Waals surface area contributed by atoms with Crippen molar-refractivity contribution in [2.75, 3.05) is 5.32 Å². The molecule has 2 heterocycles. The lowest BCUT2D eigenvalue weighted by atomic mass is 10.0. The second kappa shape index (κ2) is 9.98. The summed E-state index contributed by atoms with van der Waals surface area (Å²) < 4.78 is 1.67. The summed E-state index contributed by atoms with van der Waals surface area (Å²) in [7, 11) is 0. The van der Waals surface area contributed by atoms with E-state index in [1.165, 1.54) is 5.56 Å². The van der Waals surface area contributed by atoms with Gasteiger partial charge in [-0.1, -0.05) is 26.0 Å². The Labute approximate surface area is 187 Å². The van der Waals surface area contributed by atoms with Gasteiger partial charge in [0.1, 0.15) is 0 Å². The van der Waals surface area contributed by atoms with Crippen LogP contribution in [-0.2, 0) is 13.1 Å². The summed E-state index contributed by atoms with van der Waals surface area (Å²) >= 11 is 7.18. The average molecular weight is 518 g/mol. The van der Waals surface area contributed by atoms with E-state index in [0.29, 0.717) is 24.7 Å². The van der Waals surface area contributed by atoms with Crippen molar-refractivity contribution in [3.05, 3.63) is 86.8 Å². The van der Waals surface area contributed by atoms with Crippen LogP contribution in [0, 0.1) is 0 Å². The molecule has 0 radical (unpaired) electrons. The van der Waals surface area contributed by atoms with Crippen LogP contribution in [0.15, 0.2) is 69.9 Å². The molecule has 0 fully saturated rings. The molecule has 5 nitrogen and oxygen atoms in total. The van der Waals surface area contributed by atoms with Gasteiger partial charge in [-0.15, -0.1) is 0 Å². The van der Waals surface area contributed by atoms with Gasteiger partial charge in [0, 0.05) is 21.3 Å². The van der Waals surface area contributed by atoms with Crippen molar-refractivity contribution in [1.82, 2.24) is 14.9 Å². The van der Waals surface area contributed by atoms with Crippen LogP contribution in [0.1, 0.15) is 36.7 Å². The smallest absolute Gasteiger partial charge is 0.313 e. The zero-order valence-corrected chi connectivity index (χ0v) is 19.4. The second-order valence-corrected chi connectivity index (χ2v) is 8.65. The largest absolute Gasteiger partial charge is 0.322 e. The minimum absolute atomic E-state index is 0.222. The Kier molecular flexibility index (Phi) is 7.39. The first-order chi connectivity index (χ1) is 13.9. The van der Waals surface area contributed by atoms with Gasteiger partial charge in [0.05, 0.1) is 30.2 Å². The van der Waals surface area contributed by atoms with Crippen molar-refractivity contribution in [3.8, 4) is 0 Å². The quantitative estimate of drug-likeness (QED) is 0.414. The first-order valence-electron chi connectivity index (χ1n) is 9.28. The topological polar surface area (TPSA) is 58.1 Å². The number of benzene rings is 1. The molecule has 0 atom stereocenters. The lowest BCUT2D eigenvalue weighted by molar-refractivity contribution is 0.205. The lowest BCUT2D eigenvalue weighted by Gasteiger charge is -2.23. The number of hydrogen-bond donors (Lipinski definition) is 1. The van der Waals surface area contributed by atoms with Crippen LogP contribution in [-0.4, -0.2) is 20.9 Å². The van der Waals surface area contributed by atoms with Gasteiger partial charge in [0.15, 0.2) is 0 Å². The molecule has 0 saturated carbocycles. The Hall–Kier alpha value is -2.25. The molecule has 0 spiro atoms. The standard InChI is InChI=1S/C22H22Br2N4O/c1-15(2)16-11-19(23)21(20(24)12-16)27-22(29)28(13-17-7-3-5-9-25-17)14-18-8-4-6-10-26-18/h3-12,15H,13-14H2,1-2H3,(H,27,29). The third kappa shape index (κ3) is 5.87. The van der Waals surface area contributed by atoms with E-state index in [2.05, 4.69) is 61.0 Å². The number of nitrogens with zero attached hydrogens (tertiary/aromatic N) is 3. The molecule has 0 unspecified atom stereocenters. The van der Waals surface area contributed by atoms with E-state index in [0.717, 1.165) is 20.3 Å². The van der Waals surface area contributed by atoms with Crippen LogP contribution in [0.5, 0.6) is 0 Å². The highest BCUT2D eigenvalue weighted by Crippen LogP contribution is 2.35. The molecule has 0 bridgehead atoms. The Morgan fingerprint density at radius 1 is 0.966 bits per heavy atom. The Balaban J connectivity index is 1.84. The highest BCUT2D eigenvalue weighted by Gasteiger charge is 2.19. The van der Waals surface area contributed by atoms with Crippen molar-refractivity contribution in [3.63, 3.8) is 0 Å². The number of nitrogens with one attached hydrogen (secondary N) is 1. The van der Waals surface area contributed by atoms with E-state index < -0.39 is 0 Å². The van der Waals surface area contributed by atoms with Gasteiger partial charge < -0.3 is 10.2 Å². The monoisotopic (exact) mass is 516 g/mol. The summed E-state index contributed by atoms with van der Waals surface area (Å²) in [4.78, 5) is 23.6. The minimum atomic E-state index is -0.222. The number of amides is 2. The molecule has 7 heteroatoms. The Morgan fingerprint density at radius 2 is 1.48 bits per heavy atom. The Bertz CT molecular complexity index is 901. The average Bonchev–Trinajstić information content (AvgIpc) is 2.71. The third-order valence-corrected chi connectivity index (χ3v) is 5.66. The van der Waals surface area contributed by atoms with Crippen molar-refractivity contribution >= 4 is 43.6 Å². The number of halogens is 2. The van der Waals surface area contributed by atoms with Crippen LogP contribution >= 0.6 is 31.9 Å². The van der Waals surface area contributed by atoms with Crippen LogP contribution in [0.25, 0.3) is 0 Å². The number of carbonyl (C=O) groups excluding carboxylic acids is 1. The maximum absolute atomic E-state index is 13.2. The predicted octanol–water partition coefficient (Wildman–Crippen LogP) is 6.36. The fourth-order valence-corrected chi connectivity index (χ4v) is 4.23. The zero-order chi connectivity index (χ0) is 20.8. The number of hydrogen-bond acceptors (Lipinski definition) is 3. The molecule has 2 aromatic heterocycles. The molecule has 3 aromatic rings. The van der Waals surface area contributed by atoms with Gasteiger partial charge in [-0.05, 0) is 79.7 Å². The lowest BCUT2D eigenvalue weighted by Crippen LogP contribution is -2.34. The van der Waals surface area contributed by atoms with Gasteiger partial charge in [0.2, 0.25) is 0 Å². The fourth-order valence-electron chi connectivity index (χ4n) is 2.81. The van der Waals surface area contributed by atoms with Crippen LogP contribution in [0.3, 0.4) is 0 Å². The summed E-state index contributed by atoms with van der Waals surface area (Å²) in [5.41, 5.74) is 3.51. The molecule has 3 rings (SSSR count). The predicted molar refractivity (Wildman–Crippen MR) is 123 cm³/mol. The molecule has 0 saturated heterocycles. The SMILES string of the molecule is CC(C)c1cc(Br)c(NC(=O)N(Cc2ccccn2)Cc2ccccn2)c(Br)c1. The fraction of sp³-hybridized carbons (Fsp3) is 0.227. The number of anilines is 1. The molecule has 0 aliphatic rings. The first-order valence-corrected chi connectivity index (χ1v) is 10.9. The maximum atomic E-state index is 13.2. The van der Waals surface area contributed by atoms with Crippen LogP contribution in [0.4, 0.5) is 10.5 Å². The Morgan fingerprint density at radius 3 is 1.90 bits per heavy atom. The number of urea groups is 1. The molecule has 0 aliphatic carbocycles. The number of aromatic nitrogens is 2. The molecule has 29 heavy (non-hydrogen) atoms. The van der Waals surface area contributed by atoms with Gasteiger partial charge in [0.25, 0.3) is 0 Å². The van der Waals surface area contributed by atoms with E-state index in [9.17, 15) is 4.79 Å². The van der Waals surface area contributed by atoms with Gasteiger partial charge in [-0.3, -0.25) is 9.97 Å². The van der Waals surface area contributed by atoms with Gasteiger partial charge in [-0.25, -0.2) is 4.79 Å². The van der Waals surface area contributed by atoms with Crippen molar-refractivity contribution in [2.24, 2.45) is 0 Å². The molecule has 1 N–H and O–H groups in total. The third-order valence-electron chi connectivity index (χ3n) is 4.41. The van der Waals surface area contributed by atoms with E-state index in [1.807, 2.05) is 48.5 Å². The van der Waals surface area contributed by atoms with E-state index in [1.54, 1.807) is 17.3 Å². The van der Waals surface area contributed by atoms with E-state index in [-0.39, 0.29) is 6.03 Å². The first kappa shape index (κ1) is 21.5. The highest BCUT2D eigenvalue weighted by molar-refractivity contribution is 9.11. The van der Waals surface area contributed by atoms with Gasteiger partial charge >= 0.3 is 6.03 Å². The van der Waals surface area contributed by atoms with E-state index >= 15 is 0 Å². The van der Waals surface area contributed by atoms with Crippen molar-refractivity contribution < 1.29 is 4.79 Å². The molecular weight excluding hydrogens is 496 g/mol. The summed E-state index contributed by atoms with van der Waals surface area (Å²) in [6, 6.07) is 15.2. The minimum Gasteiger partial charge on any atom is -0.313 e. The summed E-state index contributed by atoms with van der Waals surface area (Å²) in [6.07, 6.45) is 3.45. The number of pyridine rings is 2. The molecule has 1 aromatic carbocycles. The van der Waals surface area contributed by atoms with Crippen LogP contribution in [0.2, 0.25) is 0 Å². The summed E-state index contributed by atoms with van der Waals surface area (Å²) in [5.74, 6) is 0.386. The normalized spacial score (nSPS) is 10.8. The molecule has 2 amide bonds. The molecule has 0 aliphatic heterocycles. The molecule has 150 valence electrons. The van der Waals surface area contributed by atoms with Gasteiger partial charge in [-0.2, -0.15) is 0 Å². The number of rotatable bonds is 6. The molecular formula is C22H22Br2N4O.